The molecule has 0 fully saturated rings. The van der Waals surface area contributed by atoms with Crippen LogP contribution < -0.4 is 5.32 Å². The van der Waals surface area contributed by atoms with E-state index in [9.17, 15) is 0 Å². The second kappa shape index (κ2) is 4.13. The molecule has 0 saturated heterocycles. The second-order valence-electron chi connectivity index (χ2n) is 2.07. The lowest BCUT2D eigenvalue weighted by Gasteiger charge is -2.04. The molecule has 0 unspecified atom stereocenters. The van der Waals surface area contributed by atoms with Crippen LogP contribution in [0.5, 0.6) is 0 Å². The van der Waals surface area contributed by atoms with Gasteiger partial charge in [0, 0.05) is 0 Å². The van der Waals surface area contributed by atoms with E-state index < -0.39 is 0 Å². The molecule has 0 spiro atoms. The van der Waals surface area contributed by atoms with Crippen LogP contribution in [-0.4, -0.2) is 13.6 Å². The lowest BCUT2D eigenvalue weighted by Crippen LogP contribution is -2.14. The normalized spacial score (nSPS) is 14.1. The highest BCUT2D eigenvalue weighted by molar-refractivity contribution is 4.49. The van der Waals surface area contributed by atoms with Gasteiger partial charge in [-0.05, 0) is 19.5 Å². The first-order chi connectivity index (χ1) is 3.31. The van der Waals surface area contributed by atoms with Crippen molar-refractivity contribution in [2.24, 2.45) is 5.92 Å². The van der Waals surface area contributed by atoms with Gasteiger partial charge in [0.2, 0.25) is 0 Å². The third-order valence-corrected chi connectivity index (χ3v) is 1.25. The van der Waals surface area contributed by atoms with Crippen molar-refractivity contribution in [2.45, 2.75) is 20.3 Å². The fraction of sp³-hybridized carbons (Fsp3) is 1.00. The Hall–Kier alpha value is -0.0400. The highest BCUT2D eigenvalue weighted by Crippen LogP contribution is 1.95. The van der Waals surface area contributed by atoms with E-state index in [1.165, 1.54) is 6.42 Å². The molecule has 0 aromatic rings. The minimum Gasteiger partial charge on any atom is -0.319 e. The molecule has 0 aromatic heterocycles. The minimum absolute atomic E-state index is 0.838. The maximum atomic E-state index is 3.12. The summed E-state index contributed by atoms with van der Waals surface area (Å²) in [5, 5.41) is 3.12. The van der Waals surface area contributed by atoms with Crippen molar-refractivity contribution in [3.63, 3.8) is 0 Å². The molecule has 0 rings (SSSR count). The first-order valence-electron chi connectivity index (χ1n) is 2.95. The lowest BCUT2D eigenvalue weighted by atomic mass is 10.1. The third-order valence-electron chi connectivity index (χ3n) is 1.25. The van der Waals surface area contributed by atoms with Gasteiger partial charge in [0.05, 0.1) is 0 Å². The summed E-state index contributed by atoms with van der Waals surface area (Å²) in [6.07, 6.45) is 1.28. The van der Waals surface area contributed by atoms with Gasteiger partial charge in [-0.15, -0.1) is 0 Å². The first-order valence-corrected chi connectivity index (χ1v) is 2.95. The molecule has 0 bridgehead atoms. The summed E-state index contributed by atoms with van der Waals surface area (Å²) >= 11 is 0. The van der Waals surface area contributed by atoms with Gasteiger partial charge in [-0.1, -0.05) is 20.3 Å². The van der Waals surface area contributed by atoms with Crippen LogP contribution in [-0.2, 0) is 0 Å². The molecular formula is C6H15N. The topological polar surface area (TPSA) is 12.0 Å². The second-order valence-corrected chi connectivity index (χ2v) is 2.07. The predicted octanol–water partition coefficient (Wildman–Crippen LogP) is 1.25. The molecule has 0 aliphatic heterocycles. The van der Waals surface area contributed by atoms with E-state index in [-0.39, 0.29) is 0 Å². The summed E-state index contributed by atoms with van der Waals surface area (Å²) in [6.45, 7) is 5.61. The number of hydrogen-bond donors (Lipinski definition) is 1. The number of nitrogens with one attached hydrogen (secondary N) is 1. The van der Waals surface area contributed by atoms with Crippen molar-refractivity contribution < 1.29 is 0 Å². The van der Waals surface area contributed by atoms with Crippen molar-refractivity contribution in [1.29, 1.82) is 0 Å². The highest BCUT2D eigenvalue weighted by atomic mass is 14.8. The minimum atomic E-state index is 0.838. The van der Waals surface area contributed by atoms with Crippen LogP contribution in [0.2, 0.25) is 0 Å². The van der Waals surface area contributed by atoms with E-state index in [0.29, 0.717) is 0 Å². The molecule has 0 heterocycles. The van der Waals surface area contributed by atoms with Crippen LogP contribution in [0.15, 0.2) is 0 Å². The average Bonchev–Trinajstić information content (AvgIpc) is 1.68. The van der Waals surface area contributed by atoms with Gasteiger partial charge in [0.1, 0.15) is 0 Å². The Kier molecular flexibility index (Phi) is 4.10. The molecule has 0 aromatic carbocycles. The van der Waals surface area contributed by atoms with Crippen LogP contribution in [0.4, 0.5) is 0 Å². The Morgan fingerprint density at radius 2 is 2.14 bits per heavy atom. The molecule has 1 heteroatoms. The number of hydrogen-bond acceptors (Lipinski definition) is 1. The molecule has 44 valence electrons. The van der Waals surface area contributed by atoms with Crippen LogP contribution >= 0.6 is 0 Å². The summed E-state index contributed by atoms with van der Waals surface area (Å²) in [5.74, 6) is 0.838. The molecule has 1 N–H and O–H groups in total. The van der Waals surface area contributed by atoms with E-state index in [4.69, 9.17) is 0 Å². The molecule has 0 aliphatic rings. The van der Waals surface area contributed by atoms with Gasteiger partial charge in [-0.25, -0.2) is 0 Å². The Balaban J connectivity index is 2.83. The molecule has 1 atom stereocenters. The fourth-order valence-corrected chi connectivity index (χ4v) is 0.493. The van der Waals surface area contributed by atoms with E-state index in [2.05, 4.69) is 19.2 Å². The summed E-state index contributed by atoms with van der Waals surface area (Å²) in [7, 11) is 1.99. The highest BCUT2D eigenvalue weighted by Gasteiger charge is 1.91. The molecule has 7 heavy (non-hydrogen) atoms. The zero-order chi connectivity index (χ0) is 5.70. The average molecular weight is 101 g/mol. The summed E-state index contributed by atoms with van der Waals surface area (Å²) in [6, 6.07) is 0. The maximum Gasteiger partial charge on any atom is -0.00263 e. The summed E-state index contributed by atoms with van der Waals surface area (Å²) in [5.41, 5.74) is 0. The third kappa shape index (κ3) is 3.80. The zero-order valence-corrected chi connectivity index (χ0v) is 5.49. The van der Waals surface area contributed by atoms with Crippen LogP contribution in [0, 0.1) is 5.92 Å². The van der Waals surface area contributed by atoms with Gasteiger partial charge in [-0.2, -0.15) is 0 Å². The van der Waals surface area contributed by atoms with Crippen LogP contribution in [0.1, 0.15) is 20.3 Å². The smallest absolute Gasteiger partial charge is 0.00263 e. The maximum absolute atomic E-state index is 3.12. The quantitative estimate of drug-likeness (QED) is 0.564. The Morgan fingerprint density at radius 3 is 2.29 bits per heavy atom. The van der Waals surface area contributed by atoms with E-state index in [1.54, 1.807) is 0 Å². The van der Waals surface area contributed by atoms with Gasteiger partial charge in [0.25, 0.3) is 0 Å². The SMILES string of the molecule is CC[C@H](C)CNC. The molecule has 1 nitrogen and oxygen atoms in total. The van der Waals surface area contributed by atoms with Gasteiger partial charge in [-0.3, -0.25) is 0 Å². The van der Waals surface area contributed by atoms with Gasteiger partial charge < -0.3 is 5.32 Å². The Morgan fingerprint density at radius 1 is 1.57 bits per heavy atom. The Labute approximate surface area is 46.1 Å². The molecular weight excluding hydrogens is 86.1 g/mol. The Bertz CT molecular complexity index is 35.2. The van der Waals surface area contributed by atoms with Crippen LogP contribution in [0.25, 0.3) is 0 Å². The molecule has 0 radical (unpaired) electrons. The van der Waals surface area contributed by atoms with Gasteiger partial charge in [0.15, 0.2) is 0 Å². The first kappa shape index (κ1) is 6.96. The fourth-order valence-electron chi connectivity index (χ4n) is 0.493. The van der Waals surface area contributed by atoms with Gasteiger partial charge >= 0.3 is 0 Å². The summed E-state index contributed by atoms with van der Waals surface area (Å²) < 4.78 is 0. The summed E-state index contributed by atoms with van der Waals surface area (Å²) in [4.78, 5) is 0. The van der Waals surface area contributed by atoms with Crippen molar-refractivity contribution in [1.82, 2.24) is 5.32 Å². The monoisotopic (exact) mass is 101 g/mol. The van der Waals surface area contributed by atoms with E-state index in [1.807, 2.05) is 7.05 Å². The van der Waals surface area contributed by atoms with Crippen LogP contribution in [0.3, 0.4) is 0 Å². The lowest BCUT2D eigenvalue weighted by molar-refractivity contribution is 0.528. The largest absolute Gasteiger partial charge is 0.319 e. The zero-order valence-electron chi connectivity index (χ0n) is 5.49. The van der Waals surface area contributed by atoms with E-state index in [0.717, 1.165) is 12.5 Å². The molecule has 0 aliphatic carbocycles. The van der Waals surface area contributed by atoms with E-state index >= 15 is 0 Å². The van der Waals surface area contributed by atoms with Crippen molar-refractivity contribution >= 4 is 0 Å². The van der Waals surface area contributed by atoms with Crippen molar-refractivity contribution in [3.05, 3.63) is 0 Å². The molecule has 0 amide bonds. The number of rotatable bonds is 3. The van der Waals surface area contributed by atoms with Crippen molar-refractivity contribution in [2.75, 3.05) is 13.6 Å². The van der Waals surface area contributed by atoms with Crippen molar-refractivity contribution in [3.8, 4) is 0 Å². The predicted molar refractivity (Wildman–Crippen MR) is 33.4 cm³/mol. The molecule has 0 saturated carbocycles. The standard InChI is InChI=1S/C6H15N/c1-4-6(2)5-7-3/h6-7H,4-5H2,1-3H3/t6-/m0/s1.